The van der Waals surface area contributed by atoms with Crippen LogP contribution in [0.5, 0.6) is 0 Å². The standard InChI is InChI=1S/C18H21FN4O/c1-12-10-15(22-17(21-12)16-8-5-9-23(16)2)18(24)20-11-13-6-3-4-7-14(13)19/h3-4,6-7,10,16H,5,8-9,11H2,1-2H3,(H,20,24). The molecule has 1 atom stereocenters. The zero-order valence-electron chi connectivity index (χ0n) is 13.9. The van der Waals surface area contributed by atoms with Gasteiger partial charge in [-0.25, -0.2) is 14.4 Å². The van der Waals surface area contributed by atoms with Crippen molar-refractivity contribution in [2.75, 3.05) is 13.6 Å². The number of amides is 1. The Balaban J connectivity index is 1.75. The van der Waals surface area contributed by atoms with E-state index < -0.39 is 0 Å². The Morgan fingerprint density at radius 3 is 2.88 bits per heavy atom. The van der Waals surface area contributed by atoms with Gasteiger partial charge in [0.2, 0.25) is 0 Å². The number of nitrogens with one attached hydrogen (secondary N) is 1. The monoisotopic (exact) mass is 328 g/mol. The molecule has 126 valence electrons. The molecule has 1 N–H and O–H groups in total. The maximum atomic E-state index is 13.6. The number of halogens is 1. The summed E-state index contributed by atoms with van der Waals surface area (Å²) in [6.07, 6.45) is 2.10. The second-order valence-electron chi connectivity index (χ2n) is 6.17. The van der Waals surface area contributed by atoms with Crippen LogP contribution in [0.25, 0.3) is 0 Å². The van der Waals surface area contributed by atoms with Gasteiger partial charge in [-0.1, -0.05) is 18.2 Å². The smallest absolute Gasteiger partial charge is 0.270 e. The highest BCUT2D eigenvalue weighted by molar-refractivity contribution is 5.92. The van der Waals surface area contributed by atoms with E-state index in [1.807, 2.05) is 14.0 Å². The Labute approximate surface area is 140 Å². The van der Waals surface area contributed by atoms with Crippen LogP contribution in [0.3, 0.4) is 0 Å². The summed E-state index contributed by atoms with van der Waals surface area (Å²) in [6.45, 7) is 3.00. The predicted octanol–water partition coefficient (Wildman–Crippen LogP) is 2.62. The molecule has 5 nitrogen and oxygen atoms in total. The summed E-state index contributed by atoms with van der Waals surface area (Å²) in [5.41, 5.74) is 1.54. The summed E-state index contributed by atoms with van der Waals surface area (Å²) < 4.78 is 13.6. The van der Waals surface area contributed by atoms with Gasteiger partial charge in [-0.3, -0.25) is 9.69 Å². The lowest BCUT2D eigenvalue weighted by Crippen LogP contribution is -2.26. The molecule has 0 saturated carbocycles. The molecule has 1 fully saturated rings. The Morgan fingerprint density at radius 2 is 2.17 bits per heavy atom. The van der Waals surface area contributed by atoms with Gasteiger partial charge in [0.25, 0.3) is 5.91 Å². The molecule has 1 aromatic heterocycles. The third-order valence-electron chi connectivity index (χ3n) is 4.32. The third-order valence-corrected chi connectivity index (χ3v) is 4.32. The fourth-order valence-electron chi connectivity index (χ4n) is 3.00. The summed E-state index contributed by atoms with van der Waals surface area (Å²) in [5.74, 6) is 0.0432. The number of likely N-dealkylation sites (tertiary alicyclic amines) is 1. The van der Waals surface area contributed by atoms with Crippen molar-refractivity contribution < 1.29 is 9.18 Å². The molecule has 6 heteroatoms. The average Bonchev–Trinajstić information content (AvgIpc) is 2.99. The average molecular weight is 328 g/mol. The number of carbonyl (C=O) groups is 1. The van der Waals surface area contributed by atoms with Crippen LogP contribution in [0.4, 0.5) is 4.39 Å². The van der Waals surface area contributed by atoms with Crippen LogP contribution in [-0.4, -0.2) is 34.4 Å². The van der Waals surface area contributed by atoms with E-state index in [0.717, 1.165) is 25.1 Å². The van der Waals surface area contributed by atoms with E-state index in [1.165, 1.54) is 6.07 Å². The molecule has 1 aromatic carbocycles. The number of aromatic nitrogens is 2. The van der Waals surface area contributed by atoms with Gasteiger partial charge in [0.15, 0.2) is 0 Å². The molecule has 1 saturated heterocycles. The van der Waals surface area contributed by atoms with Gasteiger partial charge in [0.05, 0.1) is 6.04 Å². The van der Waals surface area contributed by atoms with Crippen LogP contribution in [-0.2, 0) is 6.54 Å². The van der Waals surface area contributed by atoms with E-state index in [1.54, 1.807) is 24.3 Å². The largest absolute Gasteiger partial charge is 0.347 e. The van der Waals surface area contributed by atoms with Crippen molar-refractivity contribution in [2.45, 2.75) is 32.4 Å². The first kappa shape index (κ1) is 16.5. The minimum atomic E-state index is -0.329. The SMILES string of the molecule is Cc1cc(C(=O)NCc2ccccc2F)nc(C2CCCN2C)n1. The van der Waals surface area contributed by atoms with E-state index in [2.05, 4.69) is 20.2 Å². The lowest BCUT2D eigenvalue weighted by molar-refractivity contribution is 0.0944. The number of benzene rings is 1. The molecule has 0 radical (unpaired) electrons. The Kier molecular flexibility index (Phi) is 4.85. The first-order valence-electron chi connectivity index (χ1n) is 8.12. The number of carbonyl (C=O) groups excluding carboxylic acids is 1. The molecule has 3 rings (SSSR count). The molecule has 0 spiro atoms. The maximum Gasteiger partial charge on any atom is 0.270 e. The number of rotatable bonds is 4. The van der Waals surface area contributed by atoms with Crippen LogP contribution in [0.1, 0.15) is 46.5 Å². The van der Waals surface area contributed by atoms with Gasteiger partial charge < -0.3 is 5.32 Å². The summed E-state index contributed by atoms with van der Waals surface area (Å²) in [4.78, 5) is 23.5. The highest BCUT2D eigenvalue weighted by Gasteiger charge is 2.26. The molecule has 0 aliphatic carbocycles. The molecule has 1 aliphatic heterocycles. The van der Waals surface area contributed by atoms with Crippen LogP contribution in [0, 0.1) is 12.7 Å². The lowest BCUT2D eigenvalue weighted by atomic mass is 10.2. The van der Waals surface area contributed by atoms with Gasteiger partial charge in [-0.2, -0.15) is 0 Å². The fourth-order valence-corrected chi connectivity index (χ4v) is 3.00. The normalized spacial score (nSPS) is 17.9. The van der Waals surface area contributed by atoms with Crippen molar-refractivity contribution in [3.63, 3.8) is 0 Å². The Hall–Kier alpha value is -2.34. The van der Waals surface area contributed by atoms with Crippen molar-refractivity contribution in [1.29, 1.82) is 0 Å². The Morgan fingerprint density at radius 1 is 1.38 bits per heavy atom. The van der Waals surface area contributed by atoms with E-state index in [-0.39, 0.29) is 24.3 Å². The molecule has 2 aromatic rings. The van der Waals surface area contributed by atoms with Gasteiger partial charge in [0, 0.05) is 17.8 Å². The molecule has 24 heavy (non-hydrogen) atoms. The van der Waals surface area contributed by atoms with Gasteiger partial charge in [-0.05, 0) is 45.5 Å². The van der Waals surface area contributed by atoms with E-state index in [4.69, 9.17) is 0 Å². The van der Waals surface area contributed by atoms with Crippen LogP contribution in [0.15, 0.2) is 30.3 Å². The minimum Gasteiger partial charge on any atom is -0.347 e. The zero-order valence-corrected chi connectivity index (χ0v) is 13.9. The van der Waals surface area contributed by atoms with E-state index in [0.29, 0.717) is 17.1 Å². The number of nitrogens with zero attached hydrogens (tertiary/aromatic N) is 3. The summed E-state index contributed by atoms with van der Waals surface area (Å²) >= 11 is 0. The second kappa shape index (κ2) is 7.05. The quantitative estimate of drug-likeness (QED) is 0.937. The van der Waals surface area contributed by atoms with Crippen molar-refractivity contribution in [2.24, 2.45) is 0 Å². The maximum absolute atomic E-state index is 13.6. The molecule has 1 unspecified atom stereocenters. The lowest BCUT2D eigenvalue weighted by Gasteiger charge is -2.18. The molecule has 0 bridgehead atoms. The first-order valence-corrected chi connectivity index (χ1v) is 8.12. The highest BCUT2D eigenvalue weighted by Crippen LogP contribution is 2.28. The molecule has 1 amide bonds. The number of hydrogen-bond acceptors (Lipinski definition) is 4. The molecular weight excluding hydrogens is 307 g/mol. The molecule has 2 heterocycles. The number of hydrogen-bond donors (Lipinski definition) is 1. The van der Waals surface area contributed by atoms with Crippen LogP contribution >= 0.6 is 0 Å². The molecular formula is C18H21FN4O. The summed E-state index contributed by atoms with van der Waals surface area (Å²) in [5, 5.41) is 2.73. The van der Waals surface area contributed by atoms with Crippen LogP contribution < -0.4 is 5.32 Å². The molecule has 1 aliphatic rings. The first-order chi connectivity index (χ1) is 11.5. The van der Waals surface area contributed by atoms with Crippen molar-refractivity contribution in [3.05, 3.63) is 58.9 Å². The number of aryl methyl sites for hydroxylation is 1. The predicted molar refractivity (Wildman–Crippen MR) is 88.9 cm³/mol. The summed E-state index contributed by atoms with van der Waals surface area (Å²) in [6, 6.07) is 8.22. The van der Waals surface area contributed by atoms with Crippen molar-refractivity contribution in [3.8, 4) is 0 Å². The van der Waals surface area contributed by atoms with Crippen molar-refractivity contribution in [1.82, 2.24) is 20.2 Å². The van der Waals surface area contributed by atoms with E-state index >= 15 is 0 Å². The topological polar surface area (TPSA) is 58.1 Å². The second-order valence-corrected chi connectivity index (χ2v) is 6.17. The van der Waals surface area contributed by atoms with E-state index in [9.17, 15) is 9.18 Å². The zero-order chi connectivity index (χ0) is 17.1. The van der Waals surface area contributed by atoms with Gasteiger partial charge in [0.1, 0.15) is 17.3 Å². The summed E-state index contributed by atoms with van der Waals surface area (Å²) in [7, 11) is 2.04. The van der Waals surface area contributed by atoms with Gasteiger partial charge in [-0.15, -0.1) is 0 Å². The fraction of sp³-hybridized carbons (Fsp3) is 0.389. The third kappa shape index (κ3) is 3.59. The Bertz CT molecular complexity index is 750. The van der Waals surface area contributed by atoms with Crippen molar-refractivity contribution >= 4 is 5.91 Å². The minimum absolute atomic E-state index is 0.132. The van der Waals surface area contributed by atoms with Crippen LogP contribution in [0.2, 0.25) is 0 Å². The highest BCUT2D eigenvalue weighted by atomic mass is 19.1. The van der Waals surface area contributed by atoms with Gasteiger partial charge >= 0.3 is 0 Å².